The van der Waals surface area contributed by atoms with Crippen molar-refractivity contribution in [3.05, 3.63) is 60.2 Å². The van der Waals surface area contributed by atoms with Crippen molar-refractivity contribution >= 4 is 40.1 Å². The second-order valence-electron chi connectivity index (χ2n) is 7.69. The zero-order valence-electron chi connectivity index (χ0n) is 16.7. The standard InChI is InChI=1S/C23H25N3O2S/c1-15-8-6-7-11-19(15)25-21(27)14-20-22(28)26(16(2)17-12-13-17)23(29-20)24-18-9-4-3-5-10-18/h3-11,16-17,20H,12-14H2,1-2H3,(H,25,27)/t16-,20+/m1/s1. The highest BCUT2D eigenvalue weighted by Gasteiger charge is 2.45. The van der Waals surface area contributed by atoms with Gasteiger partial charge in [-0.1, -0.05) is 48.2 Å². The van der Waals surface area contributed by atoms with Crippen LogP contribution in [0.2, 0.25) is 0 Å². The van der Waals surface area contributed by atoms with Gasteiger partial charge in [-0.05, 0) is 56.4 Å². The summed E-state index contributed by atoms with van der Waals surface area (Å²) in [4.78, 5) is 32.3. The summed E-state index contributed by atoms with van der Waals surface area (Å²) in [7, 11) is 0. The summed E-state index contributed by atoms with van der Waals surface area (Å²) in [5.74, 6) is 0.370. The van der Waals surface area contributed by atoms with E-state index in [1.54, 1.807) is 0 Å². The average Bonchev–Trinajstić information content (AvgIpc) is 3.51. The number of anilines is 1. The molecular weight excluding hydrogens is 382 g/mol. The van der Waals surface area contributed by atoms with Crippen LogP contribution in [-0.2, 0) is 9.59 Å². The fourth-order valence-corrected chi connectivity index (χ4v) is 4.78. The largest absolute Gasteiger partial charge is 0.326 e. The van der Waals surface area contributed by atoms with Gasteiger partial charge < -0.3 is 5.32 Å². The maximum absolute atomic E-state index is 13.2. The van der Waals surface area contributed by atoms with Crippen LogP contribution in [0.3, 0.4) is 0 Å². The lowest BCUT2D eigenvalue weighted by atomic mass is 10.1. The molecule has 0 unspecified atom stereocenters. The van der Waals surface area contributed by atoms with Gasteiger partial charge >= 0.3 is 0 Å². The number of carbonyl (C=O) groups excluding carboxylic acids is 2. The summed E-state index contributed by atoms with van der Waals surface area (Å²) in [6, 6.07) is 17.4. The van der Waals surface area contributed by atoms with Crippen LogP contribution in [0.4, 0.5) is 11.4 Å². The second kappa shape index (κ2) is 8.41. The van der Waals surface area contributed by atoms with E-state index in [4.69, 9.17) is 4.99 Å². The van der Waals surface area contributed by atoms with Crippen molar-refractivity contribution in [1.82, 2.24) is 4.90 Å². The molecule has 2 aliphatic rings. The molecule has 1 aliphatic carbocycles. The first-order valence-electron chi connectivity index (χ1n) is 10.0. The summed E-state index contributed by atoms with van der Waals surface area (Å²) >= 11 is 1.40. The van der Waals surface area contributed by atoms with Crippen molar-refractivity contribution in [2.24, 2.45) is 10.9 Å². The number of para-hydroxylation sites is 2. The second-order valence-corrected chi connectivity index (χ2v) is 8.86. The first-order chi connectivity index (χ1) is 14.0. The van der Waals surface area contributed by atoms with Crippen molar-refractivity contribution in [2.75, 3.05) is 5.32 Å². The number of amidine groups is 1. The number of hydrogen-bond acceptors (Lipinski definition) is 4. The lowest BCUT2D eigenvalue weighted by molar-refractivity contribution is -0.129. The highest BCUT2D eigenvalue weighted by Crippen LogP contribution is 2.41. The molecule has 29 heavy (non-hydrogen) atoms. The topological polar surface area (TPSA) is 61.8 Å². The molecule has 150 valence electrons. The molecule has 1 N–H and O–H groups in total. The summed E-state index contributed by atoms with van der Waals surface area (Å²) in [5.41, 5.74) is 2.61. The Morgan fingerprint density at radius 2 is 1.86 bits per heavy atom. The minimum absolute atomic E-state index is 0.0102. The van der Waals surface area contributed by atoms with E-state index in [0.717, 1.165) is 29.8 Å². The van der Waals surface area contributed by atoms with Gasteiger partial charge in [0.25, 0.3) is 0 Å². The molecule has 0 aromatic heterocycles. The minimum atomic E-state index is -0.442. The molecule has 2 aromatic rings. The van der Waals surface area contributed by atoms with E-state index in [-0.39, 0.29) is 24.3 Å². The third kappa shape index (κ3) is 4.53. The maximum atomic E-state index is 13.2. The molecule has 1 saturated heterocycles. The number of nitrogens with zero attached hydrogens (tertiary/aromatic N) is 2. The quantitative estimate of drug-likeness (QED) is 0.751. The highest BCUT2D eigenvalue weighted by molar-refractivity contribution is 8.15. The Morgan fingerprint density at radius 3 is 2.55 bits per heavy atom. The minimum Gasteiger partial charge on any atom is -0.326 e. The van der Waals surface area contributed by atoms with Crippen LogP contribution in [0.1, 0.15) is 31.7 Å². The zero-order valence-corrected chi connectivity index (χ0v) is 17.5. The Morgan fingerprint density at radius 1 is 1.17 bits per heavy atom. The van der Waals surface area contributed by atoms with Gasteiger partial charge in [-0.25, -0.2) is 4.99 Å². The van der Waals surface area contributed by atoms with Gasteiger partial charge in [-0.2, -0.15) is 0 Å². The zero-order chi connectivity index (χ0) is 20.4. The fourth-order valence-electron chi connectivity index (χ4n) is 3.55. The molecule has 1 aliphatic heterocycles. The molecule has 2 amide bonds. The maximum Gasteiger partial charge on any atom is 0.242 e. The van der Waals surface area contributed by atoms with E-state index in [1.807, 2.05) is 66.4 Å². The number of aryl methyl sites for hydroxylation is 1. The lowest BCUT2D eigenvalue weighted by Crippen LogP contribution is -2.41. The number of rotatable bonds is 6. The van der Waals surface area contributed by atoms with E-state index in [0.29, 0.717) is 11.1 Å². The van der Waals surface area contributed by atoms with Gasteiger partial charge in [0.15, 0.2) is 5.17 Å². The van der Waals surface area contributed by atoms with Gasteiger partial charge in [-0.3, -0.25) is 14.5 Å². The Bertz CT molecular complexity index is 940. The molecule has 4 rings (SSSR count). The van der Waals surface area contributed by atoms with Crippen molar-refractivity contribution < 1.29 is 9.59 Å². The lowest BCUT2D eigenvalue weighted by Gasteiger charge is -2.24. The SMILES string of the molecule is Cc1ccccc1NC(=O)C[C@@H]1SC(=Nc2ccccc2)N([C@H](C)C2CC2)C1=O. The van der Waals surface area contributed by atoms with Crippen LogP contribution in [0.15, 0.2) is 59.6 Å². The van der Waals surface area contributed by atoms with E-state index >= 15 is 0 Å². The van der Waals surface area contributed by atoms with Crippen LogP contribution in [0, 0.1) is 12.8 Å². The number of aliphatic imine (C=N–C) groups is 1. The van der Waals surface area contributed by atoms with Crippen molar-refractivity contribution in [3.8, 4) is 0 Å². The Balaban J connectivity index is 1.52. The molecule has 0 bridgehead atoms. The third-order valence-corrected chi connectivity index (χ3v) is 6.60. The van der Waals surface area contributed by atoms with Gasteiger partial charge in [0, 0.05) is 18.2 Å². The summed E-state index contributed by atoms with van der Waals surface area (Å²) < 4.78 is 0. The summed E-state index contributed by atoms with van der Waals surface area (Å²) in [5, 5.41) is 3.20. The first kappa shape index (κ1) is 19.7. The predicted molar refractivity (Wildman–Crippen MR) is 118 cm³/mol. The highest BCUT2D eigenvalue weighted by atomic mass is 32.2. The van der Waals surface area contributed by atoms with Gasteiger partial charge in [0.1, 0.15) is 5.25 Å². The van der Waals surface area contributed by atoms with Crippen molar-refractivity contribution in [1.29, 1.82) is 0 Å². The molecule has 0 spiro atoms. The smallest absolute Gasteiger partial charge is 0.242 e. The number of amides is 2. The Kier molecular flexibility index (Phi) is 5.72. The molecule has 2 atom stereocenters. The van der Waals surface area contributed by atoms with Crippen LogP contribution in [-0.4, -0.2) is 33.2 Å². The van der Waals surface area contributed by atoms with Crippen LogP contribution < -0.4 is 5.32 Å². The van der Waals surface area contributed by atoms with Crippen LogP contribution in [0.5, 0.6) is 0 Å². The predicted octanol–water partition coefficient (Wildman–Crippen LogP) is 4.75. The summed E-state index contributed by atoms with van der Waals surface area (Å²) in [6.07, 6.45) is 2.43. The monoisotopic (exact) mass is 407 g/mol. The third-order valence-electron chi connectivity index (χ3n) is 5.45. The number of thioether (sulfide) groups is 1. The summed E-state index contributed by atoms with van der Waals surface area (Å²) in [6.45, 7) is 4.04. The first-order valence-corrected chi connectivity index (χ1v) is 10.9. The molecule has 0 radical (unpaired) electrons. The fraction of sp³-hybridized carbons (Fsp3) is 0.348. The molecule has 1 heterocycles. The van der Waals surface area contributed by atoms with E-state index in [2.05, 4.69) is 12.2 Å². The number of hydrogen-bond donors (Lipinski definition) is 1. The Hall–Kier alpha value is -2.60. The van der Waals surface area contributed by atoms with Gasteiger partial charge in [0.05, 0.1) is 5.69 Å². The average molecular weight is 408 g/mol. The molecule has 5 nitrogen and oxygen atoms in total. The number of carbonyl (C=O) groups is 2. The van der Waals surface area contributed by atoms with Crippen molar-refractivity contribution in [3.63, 3.8) is 0 Å². The van der Waals surface area contributed by atoms with E-state index in [9.17, 15) is 9.59 Å². The van der Waals surface area contributed by atoms with E-state index < -0.39 is 5.25 Å². The molecule has 2 aromatic carbocycles. The normalized spacial score (nSPS) is 21.4. The van der Waals surface area contributed by atoms with Crippen LogP contribution in [0.25, 0.3) is 0 Å². The Labute approximate surface area is 175 Å². The van der Waals surface area contributed by atoms with Gasteiger partial charge in [-0.15, -0.1) is 0 Å². The molecule has 1 saturated carbocycles. The van der Waals surface area contributed by atoms with E-state index in [1.165, 1.54) is 11.8 Å². The van der Waals surface area contributed by atoms with Crippen LogP contribution >= 0.6 is 11.8 Å². The molecule has 2 fully saturated rings. The number of benzene rings is 2. The molecular formula is C23H25N3O2S. The molecule has 6 heteroatoms. The van der Waals surface area contributed by atoms with Gasteiger partial charge in [0.2, 0.25) is 11.8 Å². The van der Waals surface area contributed by atoms with Crippen molar-refractivity contribution in [2.45, 2.75) is 44.4 Å². The number of nitrogens with one attached hydrogen (secondary N) is 1.